The number of H-pyrrole nitrogens is 1. The van der Waals surface area contributed by atoms with Gasteiger partial charge in [0.15, 0.2) is 5.69 Å². The third-order valence-corrected chi connectivity index (χ3v) is 6.58. The molecule has 7 heteroatoms. The molecule has 1 atom stereocenters. The number of aromatic nitrogens is 3. The lowest BCUT2D eigenvalue weighted by atomic mass is 9.84. The highest BCUT2D eigenvalue weighted by atomic mass is 32.1. The number of amides is 1. The lowest BCUT2D eigenvalue weighted by molar-refractivity contribution is 0.0618. The summed E-state index contributed by atoms with van der Waals surface area (Å²) in [4.78, 5) is 21.0. The van der Waals surface area contributed by atoms with Gasteiger partial charge in [0.25, 0.3) is 5.91 Å². The molecule has 2 bridgehead atoms. The van der Waals surface area contributed by atoms with Crippen LogP contribution in [0.5, 0.6) is 0 Å². The Morgan fingerprint density at radius 2 is 2.19 bits per heavy atom. The third-order valence-electron chi connectivity index (χ3n) is 5.62. The van der Waals surface area contributed by atoms with Gasteiger partial charge in [0.1, 0.15) is 5.01 Å². The van der Waals surface area contributed by atoms with Crippen molar-refractivity contribution >= 4 is 28.1 Å². The van der Waals surface area contributed by atoms with E-state index < -0.39 is 0 Å². The van der Waals surface area contributed by atoms with Gasteiger partial charge >= 0.3 is 0 Å². The molecule has 134 valence electrons. The number of fused-ring (bicyclic) bond motifs is 4. The number of nitrogens with zero attached hydrogens (tertiary/aromatic N) is 3. The van der Waals surface area contributed by atoms with E-state index in [4.69, 9.17) is 0 Å². The van der Waals surface area contributed by atoms with E-state index in [-0.39, 0.29) is 11.9 Å². The van der Waals surface area contributed by atoms with Crippen molar-refractivity contribution in [2.75, 3.05) is 19.6 Å². The zero-order chi connectivity index (χ0) is 17.7. The summed E-state index contributed by atoms with van der Waals surface area (Å²) < 4.78 is 0. The Hall–Kier alpha value is -2.25. The van der Waals surface area contributed by atoms with Gasteiger partial charge in [-0.05, 0) is 57.0 Å². The normalized spacial score (nSPS) is 24.9. The Morgan fingerprint density at radius 3 is 2.88 bits per heavy atom. The second-order valence-corrected chi connectivity index (χ2v) is 8.56. The van der Waals surface area contributed by atoms with Crippen LogP contribution in [0.25, 0.3) is 21.5 Å². The summed E-state index contributed by atoms with van der Waals surface area (Å²) in [6, 6.07) is 6.25. The summed E-state index contributed by atoms with van der Waals surface area (Å²) in [6.45, 7) is 5.34. The minimum atomic E-state index is -0.0810. The van der Waals surface area contributed by atoms with Crippen LogP contribution in [0.2, 0.25) is 0 Å². The van der Waals surface area contributed by atoms with Gasteiger partial charge in [-0.25, -0.2) is 4.98 Å². The Labute approximate surface area is 155 Å². The molecule has 3 fully saturated rings. The van der Waals surface area contributed by atoms with Crippen LogP contribution in [-0.2, 0) is 0 Å². The number of nitrogens with one attached hydrogen (secondary N) is 2. The van der Waals surface area contributed by atoms with Crippen LogP contribution >= 0.6 is 11.3 Å². The highest BCUT2D eigenvalue weighted by Crippen LogP contribution is 2.30. The highest BCUT2D eigenvalue weighted by molar-refractivity contribution is 7.14. The maximum Gasteiger partial charge on any atom is 0.272 e. The van der Waals surface area contributed by atoms with Gasteiger partial charge < -0.3 is 10.2 Å². The fraction of sp³-hybridized carbons (Fsp3) is 0.421. The smallest absolute Gasteiger partial charge is 0.272 e. The van der Waals surface area contributed by atoms with E-state index in [2.05, 4.69) is 25.4 Å². The number of thiazole rings is 1. The van der Waals surface area contributed by atoms with Crippen molar-refractivity contribution in [1.82, 2.24) is 25.4 Å². The van der Waals surface area contributed by atoms with Crippen molar-refractivity contribution in [1.29, 1.82) is 0 Å². The van der Waals surface area contributed by atoms with E-state index in [1.807, 2.05) is 31.3 Å². The van der Waals surface area contributed by atoms with Crippen molar-refractivity contribution in [3.63, 3.8) is 0 Å². The lowest BCUT2D eigenvalue weighted by Crippen LogP contribution is -2.57. The fourth-order valence-corrected chi connectivity index (χ4v) is 4.93. The molecule has 1 unspecified atom stereocenters. The molecule has 5 heterocycles. The minimum absolute atomic E-state index is 0.0810. The van der Waals surface area contributed by atoms with E-state index in [9.17, 15) is 4.79 Å². The maximum atomic E-state index is 12.9. The SMILES string of the molecule is Cc1cnc(-c2ccc3[nH]nc(C(=O)NC4CN5CCC4CC5)c3c2)s1. The molecule has 0 saturated carbocycles. The zero-order valence-corrected chi connectivity index (χ0v) is 15.5. The second kappa shape index (κ2) is 6.17. The number of carbonyl (C=O) groups is 1. The standard InChI is InChI=1S/C19H21N5OS/c1-11-9-20-19(26-11)13-2-3-15-14(8-13)17(23-22-15)18(25)21-16-10-24-6-4-12(16)5-7-24/h2-3,8-9,12,16H,4-7,10H2,1H3,(H,21,25)(H,22,23). The topological polar surface area (TPSA) is 73.9 Å². The van der Waals surface area contributed by atoms with Crippen LogP contribution in [0.4, 0.5) is 0 Å². The number of aryl methyl sites for hydroxylation is 1. The van der Waals surface area contributed by atoms with Gasteiger partial charge in [-0.1, -0.05) is 0 Å². The van der Waals surface area contributed by atoms with Gasteiger partial charge in [0, 0.05) is 34.6 Å². The fourth-order valence-electron chi connectivity index (χ4n) is 4.17. The first-order valence-electron chi connectivity index (χ1n) is 9.11. The highest BCUT2D eigenvalue weighted by Gasteiger charge is 2.35. The first kappa shape index (κ1) is 16.0. The Bertz CT molecular complexity index is 969. The van der Waals surface area contributed by atoms with Crippen molar-refractivity contribution < 1.29 is 4.79 Å². The number of piperidine rings is 3. The number of benzene rings is 1. The van der Waals surface area contributed by atoms with Crippen LogP contribution in [0, 0.1) is 12.8 Å². The first-order valence-corrected chi connectivity index (χ1v) is 9.93. The molecule has 2 aromatic heterocycles. The van der Waals surface area contributed by atoms with Crippen LogP contribution in [0.3, 0.4) is 0 Å². The summed E-state index contributed by atoms with van der Waals surface area (Å²) in [5.41, 5.74) is 2.38. The number of aromatic amines is 1. The Balaban J connectivity index is 1.43. The largest absolute Gasteiger partial charge is 0.346 e. The van der Waals surface area contributed by atoms with Crippen molar-refractivity contribution in [2.24, 2.45) is 5.92 Å². The molecule has 3 aromatic rings. The average Bonchev–Trinajstić information content (AvgIpc) is 3.28. The molecule has 0 radical (unpaired) electrons. The second-order valence-electron chi connectivity index (χ2n) is 7.33. The molecule has 2 N–H and O–H groups in total. The third kappa shape index (κ3) is 2.71. The molecular formula is C19H21N5OS. The molecule has 1 aromatic carbocycles. The molecule has 26 heavy (non-hydrogen) atoms. The van der Waals surface area contributed by atoms with Crippen molar-refractivity contribution in [3.8, 4) is 10.6 Å². The summed E-state index contributed by atoms with van der Waals surface area (Å²) in [5, 5.41) is 12.3. The van der Waals surface area contributed by atoms with Crippen molar-refractivity contribution in [3.05, 3.63) is 35.0 Å². The quantitative estimate of drug-likeness (QED) is 0.747. The molecular weight excluding hydrogens is 346 g/mol. The number of carbonyl (C=O) groups excluding carboxylic acids is 1. The van der Waals surface area contributed by atoms with Gasteiger partial charge in [-0.15, -0.1) is 11.3 Å². The van der Waals surface area contributed by atoms with E-state index in [1.54, 1.807) is 11.3 Å². The monoisotopic (exact) mass is 367 g/mol. The van der Waals surface area contributed by atoms with E-state index in [0.29, 0.717) is 11.6 Å². The van der Waals surface area contributed by atoms with Gasteiger partial charge in [-0.3, -0.25) is 9.89 Å². The van der Waals surface area contributed by atoms with E-state index in [0.717, 1.165) is 28.0 Å². The Kier molecular flexibility index (Phi) is 3.79. The van der Waals surface area contributed by atoms with Gasteiger partial charge in [-0.2, -0.15) is 5.10 Å². The molecule has 0 spiro atoms. The van der Waals surface area contributed by atoms with E-state index in [1.165, 1.54) is 30.8 Å². The van der Waals surface area contributed by atoms with Crippen LogP contribution in [0.1, 0.15) is 28.2 Å². The predicted octanol–water partition coefficient (Wildman–Crippen LogP) is 2.82. The lowest BCUT2D eigenvalue weighted by Gasteiger charge is -2.44. The molecule has 0 aliphatic carbocycles. The summed E-state index contributed by atoms with van der Waals surface area (Å²) >= 11 is 1.66. The van der Waals surface area contributed by atoms with Crippen molar-refractivity contribution in [2.45, 2.75) is 25.8 Å². The van der Waals surface area contributed by atoms with Gasteiger partial charge in [0.05, 0.1) is 5.52 Å². The molecule has 3 aliphatic rings. The van der Waals surface area contributed by atoms with Gasteiger partial charge in [0.2, 0.25) is 0 Å². The van der Waals surface area contributed by atoms with Crippen LogP contribution in [-0.4, -0.2) is 51.7 Å². The summed E-state index contributed by atoms with van der Waals surface area (Å²) in [6.07, 6.45) is 4.24. The average molecular weight is 367 g/mol. The number of hydrogen-bond acceptors (Lipinski definition) is 5. The summed E-state index contributed by atoms with van der Waals surface area (Å²) in [5.74, 6) is 0.519. The van der Waals surface area contributed by atoms with Crippen LogP contribution in [0.15, 0.2) is 24.4 Å². The molecule has 3 aliphatic heterocycles. The molecule has 6 nitrogen and oxygen atoms in total. The predicted molar refractivity (Wildman–Crippen MR) is 102 cm³/mol. The first-order chi connectivity index (χ1) is 12.7. The zero-order valence-electron chi connectivity index (χ0n) is 14.7. The van der Waals surface area contributed by atoms with E-state index >= 15 is 0 Å². The minimum Gasteiger partial charge on any atom is -0.346 e. The molecule has 1 amide bonds. The summed E-state index contributed by atoms with van der Waals surface area (Å²) in [7, 11) is 0. The van der Waals surface area contributed by atoms with Crippen LogP contribution < -0.4 is 5.32 Å². The maximum absolute atomic E-state index is 12.9. The Morgan fingerprint density at radius 1 is 1.35 bits per heavy atom. The molecule has 3 saturated heterocycles. The number of rotatable bonds is 3. The number of hydrogen-bond donors (Lipinski definition) is 2. The molecule has 6 rings (SSSR count).